The van der Waals surface area contributed by atoms with E-state index in [1.807, 2.05) is 0 Å². The summed E-state index contributed by atoms with van der Waals surface area (Å²) < 4.78 is 17.9. The van der Waals surface area contributed by atoms with Crippen LogP contribution in [0, 0.1) is 5.82 Å². The number of benzene rings is 1. The van der Waals surface area contributed by atoms with Crippen LogP contribution in [0.15, 0.2) is 24.3 Å². The monoisotopic (exact) mass is 255 g/mol. The third-order valence-corrected chi connectivity index (χ3v) is 2.27. The SMILES string of the molecule is CC(C)(NC(=O)OCc1ccccc1F)C(=O)O. The largest absolute Gasteiger partial charge is 0.480 e. The van der Waals surface area contributed by atoms with Crippen LogP contribution >= 0.6 is 0 Å². The normalized spacial score (nSPS) is 10.8. The first-order valence-corrected chi connectivity index (χ1v) is 5.24. The fourth-order valence-electron chi connectivity index (χ4n) is 1.10. The maximum atomic E-state index is 13.2. The highest BCUT2D eigenvalue weighted by atomic mass is 19.1. The Hall–Kier alpha value is -2.11. The van der Waals surface area contributed by atoms with E-state index in [1.54, 1.807) is 6.07 Å². The van der Waals surface area contributed by atoms with Gasteiger partial charge in [-0.3, -0.25) is 0 Å². The van der Waals surface area contributed by atoms with Crippen molar-refractivity contribution in [3.8, 4) is 0 Å². The van der Waals surface area contributed by atoms with E-state index in [4.69, 9.17) is 9.84 Å². The van der Waals surface area contributed by atoms with Gasteiger partial charge in [0.05, 0.1) is 0 Å². The highest BCUT2D eigenvalue weighted by Crippen LogP contribution is 2.08. The Morgan fingerprint density at radius 2 is 2.00 bits per heavy atom. The van der Waals surface area contributed by atoms with E-state index in [0.717, 1.165) is 0 Å². The van der Waals surface area contributed by atoms with Crippen LogP contribution in [0.4, 0.5) is 9.18 Å². The zero-order chi connectivity index (χ0) is 13.8. The number of ether oxygens (including phenoxy) is 1. The Balaban J connectivity index is 2.53. The Morgan fingerprint density at radius 3 is 2.56 bits per heavy atom. The number of carbonyl (C=O) groups is 2. The smallest absolute Gasteiger partial charge is 0.408 e. The van der Waals surface area contributed by atoms with Crippen molar-refractivity contribution in [3.05, 3.63) is 35.6 Å². The molecule has 0 spiro atoms. The Morgan fingerprint density at radius 1 is 1.39 bits per heavy atom. The second kappa shape index (κ2) is 5.48. The molecule has 0 radical (unpaired) electrons. The molecule has 0 unspecified atom stereocenters. The lowest BCUT2D eigenvalue weighted by molar-refractivity contribution is -0.143. The quantitative estimate of drug-likeness (QED) is 0.861. The molecule has 18 heavy (non-hydrogen) atoms. The van der Waals surface area contributed by atoms with Crippen LogP contribution in [0.25, 0.3) is 0 Å². The average molecular weight is 255 g/mol. The first-order valence-electron chi connectivity index (χ1n) is 5.24. The van der Waals surface area contributed by atoms with E-state index in [0.29, 0.717) is 0 Å². The number of hydrogen-bond donors (Lipinski definition) is 2. The predicted molar refractivity (Wildman–Crippen MR) is 61.4 cm³/mol. The number of nitrogens with one attached hydrogen (secondary N) is 1. The zero-order valence-corrected chi connectivity index (χ0v) is 10.1. The third kappa shape index (κ3) is 3.73. The molecule has 0 aromatic heterocycles. The van der Waals surface area contributed by atoms with E-state index >= 15 is 0 Å². The summed E-state index contributed by atoms with van der Waals surface area (Å²) >= 11 is 0. The molecule has 2 N–H and O–H groups in total. The molecule has 6 heteroatoms. The van der Waals surface area contributed by atoms with Gasteiger partial charge in [0.25, 0.3) is 0 Å². The molecule has 5 nitrogen and oxygen atoms in total. The van der Waals surface area contributed by atoms with E-state index in [9.17, 15) is 14.0 Å². The molecule has 0 aliphatic rings. The highest BCUT2D eigenvalue weighted by Gasteiger charge is 2.29. The van der Waals surface area contributed by atoms with E-state index in [1.165, 1.54) is 32.0 Å². The molecule has 0 heterocycles. The van der Waals surface area contributed by atoms with Crippen molar-refractivity contribution in [2.24, 2.45) is 0 Å². The average Bonchev–Trinajstić information content (AvgIpc) is 2.27. The minimum Gasteiger partial charge on any atom is -0.480 e. The Bertz CT molecular complexity index is 459. The van der Waals surface area contributed by atoms with Gasteiger partial charge in [-0.05, 0) is 19.9 Å². The van der Waals surface area contributed by atoms with Gasteiger partial charge in [0, 0.05) is 5.56 Å². The van der Waals surface area contributed by atoms with E-state index < -0.39 is 23.4 Å². The number of rotatable bonds is 4. The lowest BCUT2D eigenvalue weighted by atomic mass is 10.1. The number of carbonyl (C=O) groups excluding carboxylic acids is 1. The van der Waals surface area contributed by atoms with Crippen LogP contribution in [-0.2, 0) is 16.1 Å². The minimum atomic E-state index is -1.44. The van der Waals surface area contributed by atoms with Crippen LogP contribution in [0.1, 0.15) is 19.4 Å². The van der Waals surface area contributed by atoms with Gasteiger partial charge < -0.3 is 15.2 Å². The van der Waals surface area contributed by atoms with Gasteiger partial charge in [0.15, 0.2) is 0 Å². The van der Waals surface area contributed by atoms with Gasteiger partial charge in [-0.25, -0.2) is 14.0 Å². The second-order valence-electron chi connectivity index (χ2n) is 4.22. The number of hydrogen-bond acceptors (Lipinski definition) is 3. The maximum absolute atomic E-state index is 13.2. The summed E-state index contributed by atoms with van der Waals surface area (Å²) in [5.74, 6) is -1.67. The van der Waals surface area contributed by atoms with Crippen LogP contribution in [-0.4, -0.2) is 22.7 Å². The molecule has 0 bridgehead atoms. The van der Waals surface area contributed by atoms with E-state index in [2.05, 4.69) is 5.32 Å². The summed E-state index contributed by atoms with van der Waals surface area (Å²) in [6.07, 6.45) is -0.911. The summed E-state index contributed by atoms with van der Waals surface area (Å²) in [7, 11) is 0. The van der Waals surface area contributed by atoms with Crippen LogP contribution in [0.5, 0.6) is 0 Å². The predicted octanol–water partition coefficient (Wildman–Crippen LogP) is 1.92. The van der Waals surface area contributed by atoms with Crippen molar-refractivity contribution >= 4 is 12.1 Å². The number of carboxylic acids is 1. The maximum Gasteiger partial charge on any atom is 0.408 e. The van der Waals surface area contributed by atoms with Crippen molar-refractivity contribution in [1.82, 2.24) is 5.32 Å². The summed E-state index contributed by atoms with van der Waals surface area (Å²) in [5.41, 5.74) is -1.22. The van der Waals surface area contributed by atoms with Gasteiger partial charge in [-0.2, -0.15) is 0 Å². The topological polar surface area (TPSA) is 75.6 Å². The highest BCUT2D eigenvalue weighted by molar-refractivity contribution is 5.83. The molecule has 0 aliphatic heterocycles. The van der Waals surface area contributed by atoms with Crippen molar-refractivity contribution in [1.29, 1.82) is 0 Å². The lowest BCUT2D eigenvalue weighted by Crippen LogP contribution is -2.49. The van der Waals surface area contributed by atoms with Crippen LogP contribution in [0.2, 0.25) is 0 Å². The first kappa shape index (κ1) is 14.0. The van der Waals surface area contributed by atoms with Crippen molar-refractivity contribution < 1.29 is 23.8 Å². The third-order valence-electron chi connectivity index (χ3n) is 2.27. The summed E-state index contributed by atoms with van der Waals surface area (Å²) in [6, 6.07) is 5.86. The molecular weight excluding hydrogens is 241 g/mol. The molecule has 0 fully saturated rings. The standard InChI is InChI=1S/C12H14FNO4/c1-12(2,10(15)16)14-11(17)18-7-8-5-3-4-6-9(8)13/h3-6H,7H2,1-2H3,(H,14,17)(H,15,16). The van der Waals surface area contributed by atoms with Crippen molar-refractivity contribution in [2.45, 2.75) is 26.0 Å². The van der Waals surface area contributed by atoms with Crippen molar-refractivity contribution in [2.75, 3.05) is 0 Å². The molecule has 1 amide bonds. The van der Waals surface area contributed by atoms with Crippen LogP contribution in [0.3, 0.4) is 0 Å². The zero-order valence-electron chi connectivity index (χ0n) is 10.1. The molecule has 1 rings (SSSR count). The molecule has 0 aliphatic carbocycles. The van der Waals surface area contributed by atoms with Gasteiger partial charge in [0.2, 0.25) is 0 Å². The number of amides is 1. The van der Waals surface area contributed by atoms with Gasteiger partial charge >= 0.3 is 12.1 Å². The fraction of sp³-hybridized carbons (Fsp3) is 0.333. The molecule has 0 saturated heterocycles. The fourth-order valence-corrected chi connectivity index (χ4v) is 1.10. The Kier molecular flexibility index (Phi) is 4.25. The molecule has 98 valence electrons. The summed E-state index contributed by atoms with van der Waals surface area (Å²) in [6.45, 7) is 2.38. The summed E-state index contributed by atoms with van der Waals surface area (Å²) in [4.78, 5) is 22.1. The first-order chi connectivity index (χ1) is 8.33. The molecule has 0 atom stereocenters. The van der Waals surface area contributed by atoms with Gasteiger partial charge in [-0.15, -0.1) is 0 Å². The Labute approximate surface area is 104 Å². The van der Waals surface area contributed by atoms with Crippen LogP contribution < -0.4 is 5.32 Å². The lowest BCUT2D eigenvalue weighted by Gasteiger charge is -2.20. The minimum absolute atomic E-state index is 0.223. The number of halogens is 1. The number of alkyl carbamates (subject to hydrolysis) is 1. The molecule has 0 saturated carbocycles. The van der Waals surface area contributed by atoms with Crippen molar-refractivity contribution in [3.63, 3.8) is 0 Å². The molecule has 1 aromatic carbocycles. The number of aliphatic carboxylic acids is 1. The summed E-state index contributed by atoms with van der Waals surface area (Å²) in [5, 5.41) is 11.0. The van der Waals surface area contributed by atoms with Gasteiger partial charge in [-0.1, -0.05) is 18.2 Å². The second-order valence-corrected chi connectivity index (χ2v) is 4.22. The number of carboxylic acid groups (broad SMARTS) is 1. The van der Waals surface area contributed by atoms with E-state index in [-0.39, 0.29) is 12.2 Å². The molecule has 1 aromatic rings. The molecular formula is C12H14FNO4. The van der Waals surface area contributed by atoms with Gasteiger partial charge in [0.1, 0.15) is 18.0 Å².